The normalized spacial score (nSPS) is 8.54. The number of aliphatic hydroxyl groups excluding tert-OH is 1. The molecule has 0 saturated carbocycles. The van der Waals surface area contributed by atoms with Crippen LogP contribution >= 0.6 is 12.6 Å². The van der Waals surface area contributed by atoms with Gasteiger partial charge in [-0.2, -0.15) is 0 Å². The quantitative estimate of drug-likeness (QED) is 0.496. The summed E-state index contributed by atoms with van der Waals surface area (Å²) in [6.07, 6.45) is 0. The van der Waals surface area contributed by atoms with Crippen molar-refractivity contribution in [3.63, 3.8) is 0 Å². The van der Waals surface area contributed by atoms with Crippen LogP contribution in [0.25, 0.3) is 0 Å². The van der Waals surface area contributed by atoms with Crippen LogP contribution in [0.3, 0.4) is 0 Å². The van der Waals surface area contributed by atoms with Gasteiger partial charge >= 0.3 is 0 Å². The van der Waals surface area contributed by atoms with Crippen molar-refractivity contribution in [3.8, 4) is 5.75 Å². The molecule has 0 heterocycles. The average Bonchev–Trinajstić information content (AvgIpc) is 2.07. The highest BCUT2D eigenvalue weighted by Crippen LogP contribution is 2.18. The molecule has 5 heteroatoms. The van der Waals surface area contributed by atoms with Gasteiger partial charge in [0, 0.05) is 12.0 Å². The van der Waals surface area contributed by atoms with Crippen LogP contribution < -0.4 is 5.73 Å². The smallest absolute Gasteiger partial charge is 0.249 e. The van der Waals surface area contributed by atoms with Crippen molar-refractivity contribution in [1.29, 1.82) is 0 Å². The Bertz CT molecular complexity index is 301. The highest BCUT2D eigenvalue weighted by molar-refractivity contribution is 7.80. The maximum atomic E-state index is 10.6. The number of aromatic hydroxyl groups is 1. The lowest BCUT2D eigenvalue weighted by atomic mass is 10.2. The largest absolute Gasteiger partial charge is 0.508 e. The Hall–Kier alpha value is -1.20. The molecule has 1 amide bonds. The van der Waals surface area contributed by atoms with E-state index in [2.05, 4.69) is 12.6 Å². The molecule has 0 radical (unpaired) electrons. The van der Waals surface area contributed by atoms with Crippen LogP contribution in [0.5, 0.6) is 5.75 Å². The Labute approximate surface area is 81.4 Å². The maximum absolute atomic E-state index is 10.6. The lowest BCUT2D eigenvalue weighted by molar-refractivity contribution is 0.0997. The van der Waals surface area contributed by atoms with Gasteiger partial charge in [0.2, 0.25) is 5.91 Å². The van der Waals surface area contributed by atoms with E-state index in [0.717, 1.165) is 7.11 Å². The molecule has 4 N–H and O–H groups in total. The Morgan fingerprint density at radius 1 is 1.46 bits per heavy atom. The number of carbonyl (C=O) groups excluding carboxylic acids is 1. The summed E-state index contributed by atoms with van der Waals surface area (Å²) in [5, 5.41) is 15.9. The molecule has 0 fully saturated rings. The van der Waals surface area contributed by atoms with Crippen molar-refractivity contribution >= 4 is 18.5 Å². The van der Waals surface area contributed by atoms with E-state index in [0.29, 0.717) is 10.5 Å². The zero-order valence-electron chi connectivity index (χ0n) is 7.06. The van der Waals surface area contributed by atoms with Gasteiger partial charge in [-0.1, -0.05) is 0 Å². The second kappa shape index (κ2) is 5.45. The van der Waals surface area contributed by atoms with E-state index in [1.165, 1.54) is 18.2 Å². The van der Waals surface area contributed by atoms with Crippen LogP contribution in [0.1, 0.15) is 10.4 Å². The van der Waals surface area contributed by atoms with Crippen molar-refractivity contribution < 1.29 is 15.0 Å². The third-order valence-electron chi connectivity index (χ3n) is 1.25. The third-order valence-corrected chi connectivity index (χ3v) is 1.62. The predicted octanol–water partition coefficient (Wildman–Crippen LogP) is 0.388. The highest BCUT2D eigenvalue weighted by atomic mass is 32.1. The summed E-state index contributed by atoms with van der Waals surface area (Å²) in [4.78, 5) is 11.0. The van der Waals surface area contributed by atoms with E-state index in [9.17, 15) is 4.79 Å². The number of aliphatic hydroxyl groups is 1. The second-order valence-corrected chi connectivity index (χ2v) is 2.55. The number of hydrogen-bond acceptors (Lipinski definition) is 4. The van der Waals surface area contributed by atoms with Crippen LogP contribution in [-0.4, -0.2) is 23.2 Å². The lowest BCUT2D eigenvalue weighted by Gasteiger charge is -1.99. The minimum Gasteiger partial charge on any atom is -0.508 e. The average molecular weight is 201 g/mol. The molecule has 0 atom stereocenters. The standard InChI is InChI=1S/C7H7NO2S.CH4O/c8-7(10)5-2-1-4(9)3-6(5)11;1-2/h1-3,9,11H,(H2,8,10);2H,1H3. The van der Waals surface area contributed by atoms with Gasteiger partial charge in [0.1, 0.15) is 5.75 Å². The maximum Gasteiger partial charge on any atom is 0.249 e. The van der Waals surface area contributed by atoms with Crippen molar-refractivity contribution in [2.45, 2.75) is 4.90 Å². The van der Waals surface area contributed by atoms with Gasteiger partial charge in [-0.3, -0.25) is 4.79 Å². The van der Waals surface area contributed by atoms with Crippen LogP contribution in [0, 0.1) is 0 Å². The molecule has 0 spiro atoms. The molecule has 0 aliphatic carbocycles. The topological polar surface area (TPSA) is 83.5 Å². The zero-order chi connectivity index (χ0) is 10.4. The van der Waals surface area contributed by atoms with Gasteiger partial charge in [0.25, 0.3) is 0 Å². The molecule has 72 valence electrons. The Morgan fingerprint density at radius 3 is 2.38 bits per heavy atom. The van der Waals surface area contributed by atoms with Gasteiger partial charge < -0.3 is 15.9 Å². The monoisotopic (exact) mass is 201 g/mol. The van der Waals surface area contributed by atoms with Crippen LogP contribution in [-0.2, 0) is 0 Å². The van der Waals surface area contributed by atoms with E-state index in [1.807, 2.05) is 0 Å². The molecule has 0 unspecified atom stereocenters. The number of primary amides is 1. The van der Waals surface area contributed by atoms with Crippen molar-refractivity contribution in [2.75, 3.05) is 7.11 Å². The fraction of sp³-hybridized carbons (Fsp3) is 0.125. The molecule has 1 rings (SSSR count). The van der Waals surface area contributed by atoms with Gasteiger partial charge in [-0.25, -0.2) is 0 Å². The van der Waals surface area contributed by atoms with E-state index in [4.69, 9.17) is 15.9 Å². The molecule has 1 aromatic rings. The summed E-state index contributed by atoms with van der Waals surface area (Å²) in [6, 6.07) is 4.18. The van der Waals surface area contributed by atoms with Gasteiger partial charge in [0.15, 0.2) is 0 Å². The van der Waals surface area contributed by atoms with Crippen LogP contribution in [0.4, 0.5) is 0 Å². The van der Waals surface area contributed by atoms with Gasteiger partial charge in [-0.15, -0.1) is 12.6 Å². The fourth-order valence-corrected chi connectivity index (χ4v) is 1.05. The molecule has 0 bridgehead atoms. The van der Waals surface area contributed by atoms with Crippen LogP contribution in [0.2, 0.25) is 0 Å². The first kappa shape index (κ1) is 11.8. The summed E-state index contributed by atoms with van der Waals surface area (Å²) >= 11 is 3.95. The van der Waals surface area contributed by atoms with Crippen molar-refractivity contribution in [1.82, 2.24) is 0 Å². The molecule has 1 aromatic carbocycles. The first-order valence-corrected chi connectivity index (χ1v) is 3.82. The summed E-state index contributed by atoms with van der Waals surface area (Å²) in [5.74, 6) is -0.477. The van der Waals surface area contributed by atoms with Crippen LogP contribution in [0.15, 0.2) is 23.1 Å². The number of amides is 1. The minimum absolute atomic E-state index is 0.0694. The predicted molar refractivity (Wildman–Crippen MR) is 52.0 cm³/mol. The summed E-state index contributed by atoms with van der Waals surface area (Å²) < 4.78 is 0. The number of hydrogen-bond donors (Lipinski definition) is 4. The van der Waals surface area contributed by atoms with Crippen molar-refractivity contribution in [3.05, 3.63) is 23.8 Å². The Balaban J connectivity index is 0.000000671. The lowest BCUT2D eigenvalue weighted by Crippen LogP contribution is -2.11. The number of nitrogens with two attached hydrogens (primary N) is 1. The molecule has 13 heavy (non-hydrogen) atoms. The molecule has 4 nitrogen and oxygen atoms in total. The van der Waals surface area contributed by atoms with E-state index in [1.54, 1.807) is 0 Å². The Morgan fingerprint density at radius 2 is 2.00 bits per heavy atom. The minimum atomic E-state index is -0.546. The molecular formula is C8H11NO3S. The summed E-state index contributed by atoms with van der Waals surface area (Å²) in [7, 11) is 1.00. The summed E-state index contributed by atoms with van der Waals surface area (Å²) in [6.45, 7) is 0. The van der Waals surface area contributed by atoms with Gasteiger partial charge in [0.05, 0.1) is 5.56 Å². The second-order valence-electron chi connectivity index (χ2n) is 2.07. The number of rotatable bonds is 1. The first-order chi connectivity index (χ1) is 6.11. The molecule has 0 saturated heterocycles. The SMILES string of the molecule is CO.NC(=O)c1ccc(O)cc1S. The van der Waals surface area contributed by atoms with E-state index >= 15 is 0 Å². The molecule has 0 aliphatic rings. The molecule has 0 aromatic heterocycles. The summed E-state index contributed by atoms with van der Waals surface area (Å²) in [5.41, 5.74) is 5.31. The number of phenolic OH excluding ortho intramolecular Hbond substituents is 1. The Kier molecular flexibility index (Phi) is 4.94. The number of carbonyl (C=O) groups is 1. The highest BCUT2D eigenvalue weighted by Gasteiger charge is 2.04. The number of phenols is 1. The van der Waals surface area contributed by atoms with Gasteiger partial charge in [-0.05, 0) is 18.2 Å². The van der Waals surface area contributed by atoms with E-state index < -0.39 is 5.91 Å². The van der Waals surface area contributed by atoms with E-state index in [-0.39, 0.29) is 5.75 Å². The zero-order valence-corrected chi connectivity index (χ0v) is 7.95. The number of benzene rings is 1. The fourth-order valence-electron chi connectivity index (χ4n) is 0.728. The third kappa shape index (κ3) is 3.35. The molecule has 0 aliphatic heterocycles. The number of thiol groups is 1. The molecular weight excluding hydrogens is 190 g/mol. The first-order valence-electron chi connectivity index (χ1n) is 3.38. The van der Waals surface area contributed by atoms with Crippen molar-refractivity contribution in [2.24, 2.45) is 5.73 Å².